The van der Waals surface area contributed by atoms with Gasteiger partial charge in [0.05, 0.1) is 34.0 Å². The number of halogens is 2. The van der Waals surface area contributed by atoms with E-state index in [-0.39, 0.29) is 30.1 Å². The first-order chi connectivity index (χ1) is 19.1. The van der Waals surface area contributed by atoms with Gasteiger partial charge in [-0.05, 0) is 62.3 Å². The van der Waals surface area contributed by atoms with Crippen molar-refractivity contribution in [2.24, 2.45) is 13.0 Å². The lowest BCUT2D eigenvalue weighted by Gasteiger charge is -2.22. The summed E-state index contributed by atoms with van der Waals surface area (Å²) in [6, 6.07) is 4.26. The third-order valence-electron chi connectivity index (χ3n) is 6.52. The van der Waals surface area contributed by atoms with Crippen molar-refractivity contribution in [3.05, 3.63) is 55.6 Å². The normalized spacial score (nSPS) is 13.6. The highest BCUT2D eigenvalue weighted by Gasteiger charge is 2.28. The summed E-state index contributed by atoms with van der Waals surface area (Å²) in [6.07, 6.45) is 3.79. The van der Waals surface area contributed by atoms with Gasteiger partial charge in [-0.1, -0.05) is 48.8 Å². The van der Waals surface area contributed by atoms with Gasteiger partial charge in [-0.2, -0.15) is 0 Å². The molecule has 0 unspecified atom stereocenters. The standard InChI is InChI=1S/C27H31Cl2N5O4S2/c1-5-38-26(37)21-16-8-6-7-9-19(16)40-25(21)30-20(35)13-39-27-33-32-23(34(27)4)22(14(2)3)31-24(36)15-10-11-17(28)18(29)12-15/h10-12,14,22H,5-9,13H2,1-4H3,(H,30,35)(H,31,36)/t22-/m1/s1. The predicted molar refractivity (Wildman–Crippen MR) is 159 cm³/mol. The maximum atomic E-state index is 12.9. The number of fused-ring (bicyclic) bond motifs is 1. The number of benzene rings is 1. The van der Waals surface area contributed by atoms with E-state index in [4.69, 9.17) is 27.9 Å². The lowest BCUT2D eigenvalue weighted by atomic mass is 9.95. The van der Waals surface area contributed by atoms with Crippen LogP contribution in [0.3, 0.4) is 0 Å². The van der Waals surface area contributed by atoms with Gasteiger partial charge in [0.2, 0.25) is 5.91 Å². The van der Waals surface area contributed by atoms with Gasteiger partial charge in [-0.3, -0.25) is 9.59 Å². The van der Waals surface area contributed by atoms with Crippen molar-refractivity contribution in [2.75, 3.05) is 17.7 Å². The van der Waals surface area contributed by atoms with Crippen LogP contribution in [0.5, 0.6) is 0 Å². The third-order valence-corrected chi connectivity index (χ3v) is 9.48. The minimum absolute atomic E-state index is 0.00179. The Morgan fingerprint density at radius 1 is 1.15 bits per heavy atom. The zero-order chi connectivity index (χ0) is 29.0. The number of carbonyl (C=O) groups is 3. The second-order valence-electron chi connectivity index (χ2n) is 9.70. The predicted octanol–water partition coefficient (Wildman–Crippen LogP) is 6.10. The molecule has 1 atom stereocenters. The van der Waals surface area contributed by atoms with E-state index in [0.717, 1.165) is 36.1 Å². The fourth-order valence-electron chi connectivity index (χ4n) is 4.48. The molecule has 2 N–H and O–H groups in total. The van der Waals surface area contributed by atoms with Crippen molar-refractivity contribution in [1.82, 2.24) is 20.1 Å². The van der Waals surface area contributed by atoms with Crippen molar-refractivity contribution in [3.8, 4) is 0 Å². The van der Waals surface area contributed by atoms with Gasteiger partial charge in [0.15, 0.2) is 11.0 Å². The molecule has 40 heavy (non-hydrogen) atoms. The monoisotopic (exact) mass is 623 g/mol. The van der Waals surface area contributed by atoms with Crippen LogP contribution in [0.1, 0.15) is 76.6 Å². The topological polar surface area (TPSA) is 115 Å². The fourth-order valence-corrected chi connectivity index (χ4v) is 6.79. The molecule has 1 aliphatic carbocycles. The number of amides is 2. The summed E-state index contributed by atoms with van der Waals surface area (Å²) >= 11 is 14.7. The van der Waals surface area contributed by atoms with Crippen molar-refractivity contribution >= 4 is 69.1 Å². The highest BCUT2D eigenvalue weighted by atomic mass is 35.5. The van der Waals surface area contributed by atoms with Crippen LogP contribution >= 0.6 is 46.3 Å². The van der Waals surface area contributed by atoms with Gasteiger partial charge in [0.1, 0.15) is 5.00 Å². The number of hydrogen-bond acceptors (Lipinski definition) is 8. The van der Waals surface area contributed by atoms with Gasteiger partial charge in [0, 0.05) is 17.5 Å². The largest absolute Gasteiger partial charge is 0.462 e. The molecule has 214 valence electrons. The highest BCUT2D eigenvalue weighted by Crippen LogP contribution is 2.39. The Kier molecular flexibility index (Phi) is 10.2. The minimum atomic E-state index is -0.438. The van der Waals surface area contributed by atoms with Gasteiger partial charge in [0.25, 0.3) is 5.91 Å². The molecule has 2 amide bonds. The molecule has 13 heteroatoms. The summed E-state index contributed by atoms with van der Waals surface area (Å²) < 4.78 is 7.05. The molecule has 0 fully saturated rings. The number of carbonyl (C=O) groups excluding carboxylic acids is 3. The number of anilines is 1. The fraction of sp³-hybridized carbons (Fsp3) is 0.444. The molecule has 0 aliphatic heterocycles. The van der Waals surface area contributed by atoms with Crippen LogP contribution in [0, 0.1) is 5.92 Å². The Morgan fingerprint density at radius 3 is 2.60 bits per heavy atom. The van der Waals surface area contributed by atoms with Crippen molar-refractivity contribution < 1.29 is 19.1 Å². The molecule has 0 saturated heterocycles. The second kappa shape index (κ2) is 13.4. The quantitative estimate of drug-likeness (QED) is 0.207. The van der Waals surface area contributed by atoms with Crippen LogP contribution in [-0.2, 0) is 29.4 Å². The lowest BCUT2D eigenvalue weighted by molar-refractivity contribution is -0.113. The molecule has 0 radical (unpaired) electrons. The van der Waals surface area contributed by atoms with Gasteiger partial charge in [-0.25, -0.2) is 4.79 Å². The number of nitrogens with zero attached hydrogens (tertiary/aromatic N) is 3. The molecule has 0 saturated carbocycles. The molecule has 0 spiro atoms. The van der Waals surface area contributed by atoms with Crippen molar-refractivity contribution in [3.63, 3.8) is 0 Å². The van der Waals surface area contributed by atoms with E-state index < -0.39 is 12.0 Å². The molecular weight excluding hydrogens is 593 g/mol. The summed E-state index contributed by atoms with van der Waals surface area (Å²) in [4.78, 5) is 39.7. The number of thiophene rings is 1. The number of aryl methyl sites for hydroxylation is 1. The molecule has 0 bridgehead atoms. The molecule has 1 aliphatic rings. The highest BCUT2D eigenvalue weighted by molar-refractivity contribution is 7.99. The molecule has 4 rings (SSSR count). The van der Waals surface area contributed by atoms with Crippen molar-refractivity contribution in [2.45, 2.75) is 57.7 Å². The Balaban J connectivity index is 1.44. The maximum Gasteiger partial charge on any atom is 0.341 e. The molecule has 1 aromatic carbocycles. The maximum absolute atomic E-state index is 12.9. The first-order valence-corrected chi connectivity index (χ1v) is 15.6. The summed E-state index contributed by atoms with van der Waals surface area (Å²) in [5, 5.41) is 16.2. The van der Waals surface area contributed by atoms with E-state index in [0.29, 0.717) is 37.2 Å². The van der Waals surface area contributed by atoms with E-state index in [9.17, 15) is 14.4 Å². The van der Waals surface area contributed by atoms with Crippen LogP contribution in [-0.4, -0.2) is 44.9 Å². The number of ether oxygens (including phenoxy) is 1. The Labute approximate surface area is 251 Å². The Bertz CT molecular complexity index is 1420. The van der Waals surface area contributed by atoms with Crippen LogP contribution in [0.15, 0.2) is 23.4 Å². The SMILES string of the molecule is CCOC(=O)c1c(NC(=O)CSc2nnc([C@H](NC(=O)c3ccc(Cl)c(Cl)c3)C(C)C)n2C)sc2c1CCCC2. The molecular formula is C27H31Cl2N5O4S2. The van der Waals surface area contributed by atoms with E-state index in [2.05, 4.69) is 20.8 Å². The summed E-state index contributed by atoms with van der Waals surface area (Å²) in [6.45, 7) is 5.97. The summed E-state index contributed by atoms with van der Waals surface area (Å²) in [5.74, 6) is -0.343. The van der Waals surface area contributed by atoms with E-state index >= 15 is 0 Å². The van der Waals surface area contributed by atoms with E-state index in [1.807, 2.05) is 13.8 Å². The Morgan fingerprint density at radius 2 is 1.90 bits per heavy atom. The number of rotatable bonds is 10. The van der Waals surface area contributed by atoms with Gasteiger partial charge < -0.3 is 19.9 Å². The average Bonchev–Trinajstić information content (AvgIpc) is 3.46. The van der Waals surface area contributed by atoms with Crippen molar-refractivity contribution in [1.29, 1.82) is 0 Å². The zero-order valence-corrected chi connectivity index (χ0v) is 25.8. The first-order valence-electron chi connectivity index (χ1n) is 13.0. The number of thioether (sulfide) groups is 1. The Hall–Kier alpha value is -2.60. The number of hydrogen-bond donors (Lipinski definition) is 2. The number of esters is 1. The first kappa shape index (κ1) is 30.4. The molecule has 9 nitrogen and oxygen atoms in total. The summed E-state index contributed by atoms with van der Waals surface area (Å²) in [5.41, 5.74) is 1.86. The average molecular weight is 625 g/mol. The lowest BCUT2D eigenvalue weighted by Crippen LogP contribution is -2.33. The number of nitrogens with one attached hydrogen (secondary N) is 2. The molecule has 2 heterocycles. The molecule has 2 aromatic heterocycles. The van der Waals surface area contributed by atoms with Crippen LogP contribution in [0.2, 0.25) is 10.0 Å². The molecule has 3 aromatic rings. The third kappa shape index (κ3) is 6.82. The smallest absolute Gasteiger partial charge is 0.341 e. The van der Waals surface area contributed by atoms with E-state index in [1.165, 1.54) is 29.2 Å². The minimum Gasteiger partial charge on any atom is -0.462 e. The van der Waals surface area contributed by atoms with Crippen LogP contribution in [0.25, 0.3) is 0 Å². The van der Waals surface area contributed by atoms with Gasteiger partial charge >= 0.3 is 5.97 Å². The van der Waals surface area contributed by atoms with E-state index in [1.54, 1.807) is 30.7 Å². The second-order valence-corrected chi connectivity index (χ2v) is 12.6. The number of aromatic nitrogens is 3. The van der Waals surface area contributed by atoms with Crippen LogP contribution in [0.4, 0.5) is 5.00 Å². The summed E-state index contributed by atoms with van der Waals surface area (Å²) in [7, 11) is 1.79. The zero-order valence-electron chi connectivity index (χ0n) is 22.7. The van der Waals surface area contributed by atoms with Crippen LogP contribution < -0.4 is 10.6 Å². The van der Waals surface area contributed by atoms with Gasteiger partial charge in [-0.15, -0.1) is 21.5 Å².